The van der Waals surface area contributed by atoms with E-state index in [1.54, 1.807) is 11.3 Å². The predicted molar refractivity (Wildman–Crippen MR) is 191 cm³/mol. The number of hydrogen-bond acceptors (Lipinski definition) is 4. The van der Waals surface area contributed by atoms with Crippen LogP contribution < -0.4 is 5.19 Å². The van der Waals surface area contributed by atoms with E-state index >= 15 is 0 Å². The van der Waals surface area contributed by atoms with Gasteiger partial charge in [-0.3, -0.25) is 0 Å². The summed E-state index contributed by atoms with van der Waals surface area (Å²) in [6.45, 7) is 17.2. The molecule has 231 valence electrons. The smallest absolute Gasteiger partial charge is 0.136 e. The largest absolute Gasteiger partial charge is 0.456 e. The fraction of sp³-hybridized carbons (Fsp3) is 0.231. The zero-order valence-corrected chi connectivity index (χ0v) is 31.3. The van der Waals surface area contributed by atoms with Crippen molar-refractivity contribution >= 4 is 55.9 Å². The van der Waals surface area contributed by atoms with Crippen molar-refractivity contribution in [2.24, 2.45) is 0 Å². The van der Waals surface area contributed by atoms with Crippen LogP contribution in [0.2, 0.25) is 19.6 Å². The van der Waals surface area contributed by atoms with E-state index < -0.39 is 14.0 Å². The summed E-state index contributed by atoms with van der Waals surface area (Å²) in [6.07, 6.45) is 3.92. The third-order valence-electron chi connectivity index (χ3n) is 8.00. The number of aryl methyl sites for hydroxylation is 3. The van der Waals surface area contributed by atoms with E-state index in [0.29, 0.717) is 0 Å². The summed E-state index contributed by atoms with van der Waals surface area (Å²) in [6, 6.07) is 29.1. The van der Waals surface area contributed by atoms with Crippen molar-refractivity contribution in [1.82, 2.24) is 9.97 Å². The molecular formula is C39H38IrN2OSSi-2. The predicted octanol–water partition coefficient (Wildman–Crippen LogP) is 10.8. The van der Waals surface area contributed by atoms with Crippen LogP contribution in [0.5, 0.6) is 0 Å². The topological polar surface area (TPSA) is 38.9 Å². The Labute approximate surface area is 286 Å². The zero-order valence-electron chi connectivity index (χ0n) is 28.0. The van der Waals surface area contributed by atoms with E-state index in [-0.39, 0.29) is 20.1 Å². The monoisotopic (exact) mass is 804 g/mol. The maximum Gasteiger partial charge on any atom is 0.136 e. The van der Waals surface area contributed by atoms with Crippen LogP contribution in [-0.2, 0) is 20.1 Å². The van der Waals surface area contributed by atoms with Gasteiger partial charge in [0.2, 0.25) is 0 Å². The van der Waals surface area contributed by atoms with Crippen LogP contribution >= 0.6 is 11.3 Å². The first kappa shape index (κ1) is 31.6. The molecule has 1 radical (unpaired) electrons. The Bertz CT molecular complexity index is 2180. The molecule has 6 heteroatoms. The van der Waals surface area contributed by atoms with E-state index in [1.165, 1.54) is 21.0 Å². The van der Waals surface area contributed by atoms with E-state index in [4.69, 9.17) is 5.79 Å². The number of rotatable bonds is 4. The van der Waals surface area contributed by atoms with Gasteiger partial charge < -0.3 is 14.4 Å². The Hall–Kier alpha value is -3.41. The second kappa shape index (κ2) is 13.1. The molecule has 0 atom stereocenters. The van der Waals surface area contributed by atoms with Crippen molar-refractivity contribution in [1.29, 1.82) is 0 Å². The summed E-state index contributed by atoms with van der Waals surface area (Å²) in [5, 5.41) is 3.70. The molecule has 0 aliphatic heterocycles. The average Bonchev–Trinajstić information content (AvgIpc) is 3.53. The van der Waals surface area contributed by atoms with E-state index in [9.17, 15) is 0 Å². The fourth-order valence-electron chi connectivity index (χ4n) is 5.77. The molecule has 4 heterocycles. The molecule has 0 unspecified atom stereocenters. The SMILES string of the molecule is Cc1cc(-c2[c-]cccc2)ncc1[Si](C)(C)C.[2H]C(C)(C)c1cc(-c2[c-]ccc3c2sc2c4cc(C)ccc4oc32)ncc1C.[Ir]. The zero-order chi connectivity index (χ0) is 32.1. The number of hydrogen-bond donors (Lipinski definition) is 0. The van der Waals surface area contributed by atoms with Crippen LogP contribution in [0, 0.1) is 32.9 Å². The minimum Gasteiger partial charge on any atom is -0.456 e. The van der Waals surface area contributed by atoms with Crippen molar-refractivity contribution in [2.75, 3.05) is 0 Å². The molecular weight excluding hydrogens is 765 g/mol. The first-order valence-electron chi connectivity index (χ1n) is 15.5. The Morgan fingerprint density at radius 3 is 2.29 bits per heavy atom. The first-order chi connectivity index (χ1) is 21.3. The molecule has 7 rings (SSSR count). The molecule has 0 aliphatic rings. The number of pyridine rings is 2. The summed E-state index contributed by atoms with van der Waals surface area (Å²) in [7, 11) is -1.27. The van der Waals surface area contributed by atoms with E-state index in [2.05, 4.69) is 92.1 Å². The van der Waals surface area contributed by atoms with Gasteiger partial charge in [0.25, 0.3) is 0 Å². The van der Waals surface area contributed by atoms with Gasteiger partial charge in [-0.05, 0) is 76.6 Å². The van der Waals surface area contributed by atoms with Crippen LogP contribution in [0.3, 0.4) is 0 Å². The van der Waals surface area contributed by atoms with Crippen molar-refractivity contribution in [2.45, 2.75) is 60.2 Å². The molecule has 0 fully saturated rings. The second-order valence-corrected chi connectivity index (χ2v) is 18.8. The molecule has 3 nitrogen and oxygen atoms in total. The minimum atomic E-state index is -1.27. The molecule has 45 heavy (non-hydrogen) atoms. The van der Waals surface area contributed by atoms with Gasteiger partial charge in [0.15, 0.2) is 0 Å². The summed E-state index contributed by atoms with van der Waals surface area (Å²) in [4.78, 5) is 9.24. The molecule has 7 aromatic rings. The van der Waals surface area contributed by atoms with Crippen molar-refractivity contribution in [3.63, 3.8) is 0 Å². The van der Waals surface area contributed by atoms with Gasteiger partial charge in [-0.25, -0.2) is 0 Å². The Morgan fingerprint density at radius 2 is 1.60 bits per heavy atom. The number of thiophene rings is 1. The molecule has 0 aliphatic carbocycles. The quantitative estimate of drug-likeness (QED) is 0.131. The van der Waals surface area contributed by atoms with Crippen molar-refractivity contribution < 1.29 is 25.9 Å². The van der Waals surface area contributed by atoms with Gasteiger partial charge in [0.1, 0.15) is 11.2 Å². The summed E-state index contributed by atoms with van der Waals surface area (Å²) >= 11 is 1.73. The Morgan fingerprint density at radius 1 is 0.822 bits per heavy atom. The normalized spacial score (nSPS) is 12.1. The van der Waals surface area contributed by atoms with Crippen LogP contribution in [0.25, 0.3) is 53.9 Å². The molecule has 3 aromatic carbocycles. The van der Waals surface area contributed by atoms with Crippen LogP contribution in [0.1, 0.15) is 43.4 Å². The number of benzene rings is 3. The van der Waals surface area contributed by atoms with E-state index in [1.807, 2.05) is 63.4 Å². The molecule has 0 saturated carbocycles. The number of furan rings is 1. The third kappa shape index (κ3) is 6.61. The molecule has 0 saturated heterocycles. The van der Waals surface area contributed by atoms with Gasteiger partial charge in [0, 0.05) is 39.3 Å². The summed E-state index contributed by atoms with van der Waals surface area (Å²) in [5.74, 6) is -0.674. The van der Waals surface area contributed by atoms with Crippen molar-refractivity contribution in [3.8, 4) is 22.5 Å². The van der Waals surface area contributed by atoms with Crippen LogP contribution in [0.4, 0.5) is 0 Å². The number of fused-ring (bicyclic) bond motifs is 5. The first-order valence-corrected chi connectivity index (χ1v) is 19.3. The number of nitrogens with zero attached hydrogens (tertiary/aromatic N) is 2. The maximum absolute atomic E-state index is 8.46. The van der Waals surface area contributed by atoms with Gasteiger partial charge in [-0.1, -0.05) is 62.8 Å². The fourth-order valence-corrected chi connectivity index (χ4v) is 8.73. The second-order valence-electron chi connectivity index (χ2n) is 12.8. The van der Waals surface area contributed by atoms with Crippen LogP contribution in [-0.4, -0.2) is 18.0 Å². The molecule has 0 N–H and O–H groups in total. The minimum absolute atomic E-state index is 0. The maximum atomic E-state index is 8.46. The third-order valence-corrected chi connectivity index (χ3v) is 11.4. The molecule has 4 aromatic heterocycles. The van der Waals surface area contributed by atoms with Gasteiger partial charge >= 0.3 is 0 Å². The van der Waals surface area contributed by atoms with Crippen molar-refractivity contribution in [3.05, 3.63) is 114 Å². The summed E-state index contributed by atoms with van der Waals surface area (Å²) < 4.78 is 17.0. The van der Waals surface area contributed by atoms with Gasteiger partial charge in [0.05, 0.1) is 12.8 Å². The van der Waals surface area contributed by atoms with Crippen LogP contribution in [0.15, 0.2) is 83.5 Å². The van der Waals surface area contributed by atoms with Gasteiger partial charge in [-0.15, -0.1) is 59.7 Å². The Kier molecular flexibility index (Phi) is 9.21. The molecule has 0 bridgehead atoms. The standard InChI is InChI=1S/C24H20NOS.C15H18NSi.Ir/c1-13(2)18-11-20(25-12-15(18)4)16-6-5-7-17-22-24(27-23(16)17)19-10-14(3)8-9-21(19)26-22;1-12-10-14(13-8-6-5-7-9-13)16-11-15(12)17(2,3)4;/h5,7-13H,1-4H3;5-8,10-11H,1-4H3;/q2*-1;/i13D;;. The van der Waals surface area contributed by atoms with Gasteiger partial charge in [-0.2, -0.15) is 11.3 Å². The van der Waals surface area contributed by atoms with E-state index in [0.717, 1.165) is 60.3 Å². The molecule has 0 spiro atoms. The Balaban J connectivity index is 0.000000200. The molecule has 0 amide bonds. The summed E-state index contributed by atoms with van der Waals surface area (Å²) in [5.41, 5.74) is 10.4. The average molecular weight is 804 g/mol. The number of aromatic nitrogens is 2.